The summed E-state index contributed by atoms with van der Waals surface area (Å²) in [4.78, 5) is 25.0. The van der Waals surface area contributed by atoms with Crippen LogP contribution in [0.15, 0.2) is 66.2 Å². The van der Waals surface area contributed by atoms with Gasteiger partial charge < -0.3 is 0 Å². The highest BCUT2D eigenvalue weighted by atomic mass is 19.4. The quantitative estimate of drug-likeness (QED) is 0.633. The normalized spacial score (nSPS) is 13.6. The van der Waals surface area contributed by atoms with Crippen molar-refractivity contribution in [3.05, 3.63) is 83.4 Å². The first kappa shape index (κ1) is 18.0. The average Bonchev–Trinajstić information content (AvgIpc) is 2.72. The molecule has 1 aromatic heterocycles. The number of ketones is 1. The smallest absolute Gasteiger partial charge is 0.287 e. The van der Waals surface area contributed by atoms with Gasteiger partial charge in [0, 0.05) is 24.5 Å². The topological polar surface area (TPSA) is 55.2 Å². The molecule has 4 rings (SSSR count). The van der Waals surface area contributed by atoms with Crippen LogP contribution in [0.2, 0.25) is 0 Å². The van der Waals surface area contributed by atoms with Gasteiger partial charge in [0.15, 0.2) is 0 Å². The van der Waals surface area contributed by atoms with E-state index in [9.17, 15) is 18.0 Å². The lowest BCUT2D eigenvalue weighted by Gasteiger charge is -2.17. The Balaban J connectivity index is 1.71. The molecule has 0 saturated carbocycles. The van der Waals surface area contributed by atoms with Crippen LogP contribution in [0, 0.1) is 0 Å². The van der Waals surface area contributed by atoms with Crippen molar-refractivity contribution in [3.8, 4) is 11.1 Å². The molecule has 7 heteroatoms. The maximum Gasteiger partial charge on any atom is 0.416 e. The minimum absolute atomic E-state index is 0.272. The summed E-state index contributed by atoms with van der Waals surface area (Å²) < 4.78 is 38.4. The second-order valence-electron chi connectivity index (χ2n) is 6.38. The highest BCUT2D eigenvalue weighted by molar-refractivity contribution is 6.51. The molecule has 0 radical (unpaired) electrons. The summed E-state index contributed by atoms with van der Waals surface area (Å²) >= 11 is 0. The maximum atomic E-state index is 12.8. The number of aromatic nitrogens is 2. The van der Waals surface area contributed by atoms with Crippen molar-refractivity contribution in [3.63, 3.8) is 0 Å². The van der Waals surface area contributed by atoms with E-state index < -0.39 is 11.7 Å². The largest absolute Gasteiger partial charge is 0.416 e. The first-order chi connectivity index (χ1) is 13.4. The van der Waals surface area contributed by atoms with E-state index in [2.05, 4.69) is 15.0 Å². The number of benzene rings is 2. The van der Waals surface area contributed by atoms with Gasteiger partial charge in [-0.15, -0.1) is 0 Å². The Hall–Kier alpha value is -3.35. The molecule has 0 amide bonds. The lowest BCUT2D eigenvalue weighted by Crippen LogP contribution is -2.22. The Morgan fingerprint density at radius 2 is 1.61 bits per heavy atom. The summed E-state index contributed by atoms with van der Waals surface area (Å²) in [5.74, 6) is -0.272. The van der Waals surface area contributed by atoms with E-state index in [4.69, 9.17) is 0 Å². The molecule has 0 saturated heterocycles. The monoisotopic (exact) mass is 381 g/mol. The Morgan fingerprint density at radius 1 is 0.929 bits per heavy atom. The van der Waals surface area contributed by atoms with Crippen molar-refractivity contribution < 1.29 is 18.0 Å². The molecule has 4 nitrogen and oxygen atoms in total. The van der Waals surface area contributed by atoms with Crippen LogP contribution in [0.3, 0.4) is 0 Å². The maximum absolute atomic E-state index is 12.8. The van der Waals surface area contributed by atoms with E-state index in [-0.39, 0.29) is 5.78 Å². The lowest BCUT2D eigenvalue weighted by molar-refractivity contribution is -0.137. The number of carbonyl (C=O) groups excluding carboxylic acids is 1. The van der Waals surface area contributed by atoms with E-state index in [0.29, 0.717) is 35.4 Å². The van der Waals surface area contributed by atoms with E-state index in [1.54, 1.807) is 6.07 Å². The van der Waals surface area contributed by atoms with Crippen molar-refractivity contribution in [1.82, 2.24) is 9.97 Å². The summed E-state index contributed by atoms with van der Waals surface area (Å²) in [6, 6.07) is 10.5. The lowest BCUT2D eigenvalue weighted by atomic mass is 9.90. The highest BCUT2D eigenvalue weighted by Gasteiger charge is 2.30. The van der Waals surface area contributed by atoms with Gasteiger partial charge in [-0.05, 0) is 41.3 Å². The van der Waals surface area contributed by atoms with Crippen LogP contribution >= 0.6 is 0 Å². The zero-order chi connectivity index (χ0) is 19.7. The van der Waals surface area contributed by atoms with Crippen LogP contribution in [0.25, 0.3) is 11.1 Å². The van der Waals surface area contributed by atoms with E-state index in [1.807, 2.05) is 12.1 Å². The highest BCUT2D eigenvalue weighted by Crippen LogP contribution is 2.32. The first-order valence-electron chi connectivity index (χ1n) is 8.58. The molecule has 140 valence electrons. The summed E-state index contributed by atoms with van der Waals surface area (Å²) in [7, 11) is 0. The summed E-state index contributed by atoms with van der Waals surface area (Å²) in [5.41, 5.74) is 2.99. The second-order valence-corrected chi connectivity index (χ2v) is 6.38. The number of halogens is 3. The Bertz CT molecular complexity index is 1060. The van der Waals surface area contributed by atoms with E-state index >= 15 is 0 Å². The molecule has 3 aromatic rings. The minimum Gasteiger partial charge on any atom is -0.287 e. The summed E-state index contributed by atoms with van der Waals surface area (Å²) in [6.45, 7) is 0.501. The second kappa shape index (κ2) is 6.99. The fourth-order valence-corrected chi connectivity index (χ4v) is 3.17. The molecule has 0 atom stereocenters. The number of rotatable bonds is 3. The van der Waals surface area contributed by atoms with Gasteiger partial charge in [-0.3, -0.25) is 9.79 Å². The molecule has 0 bridgehead atoms. The predicted octanol–water partition coefficient (Wildman–Crippen LogP) is 4.39. The van der Waals surface area contributed by atoms with Gasteiger partial charge in [0.1, 0.15) is 12.0 Å². The summed E-state index contributed by atoms with van der Waals surface area (Å²) in [5, 5.41) is 0. The van der Waals surface area contributed by atoms with Gasteiger partial charge >= 0.3 is 6.18 Å². The Morgan fingerprint density at radius 3 is 2.29 bits per heavy atom. The third-order valence-electron chi connectivity index (χ3n) is 4.60. The molecule has 2 heterocycles. The van der Waals surface area contributed by atoms with Crippen molar-refractivity contribution >= 4 is 11.5 Å². The number of alkyl halides is 3. The minimum atomic E-state index is -4.38. The van der Waals surface area contributed by atoms with Crippen LogP contribution in [0.1, 0.15) is 27.0 Å². The molecule has 0 unspecified atom stereocenters. The average molecular weight is 381 g/mol. The molecule has 0 spiro atoms. The molecule has 0 fully saturated rings. The van der Waals surface area contributed by atoms with Crippen molar-refractivity contribution in [1.29, 1.82) is 0 Å². The third-order valence-corrected chi connectivity index (χ3v) is 4.60. The van der Waals surface area contributed by atoms with Crippen LogP contribution in [-0.2, 0) is 12.6 Å². The molecule has 0 N–H and O–H groups in total. The van der Waals surface area contributed by atoms with Crippen LogP contribution < -0.4 is 0 Å². The number of hydrogen-bond donors (Lipinski definition) is 0. The Kier molecular flexibility index (Phi) is 4.50. The van der Waals surface area contributed by atoms with Gasteiger partial charge in [0.25, 0.3) is 0 Å². The Labute approximate surface area is 158 Å². The van der Waals surface area contributed by atoms with Crippen molar-refractivity contribution in [2.24, 2.45) is 4.99 Å². The fraction of sp³-hybridized carbons (Fsp3) is 0.143. The number of Topliss-reactive ketones (excluding diaryl/α,β-unsaturated/α-hetero) is 1. The number of aliphatic imine (C=N–C) groups is 1. The predicted molar refractivity (Wildman–Crippen MR) is 98.4 cm³/mol. The van der Waals surface area contributed by atoms with Crippen molar-refractivity contribution in [2.45, 2.75) is 12.6 Å². The standard InChI is InChI=1S/C21H14F3N3O/c22-21(23,24)17-5-3-13(4-6-17)15-2-1-14-7-8-27-19(18(14)9-15)20(28)16-10-25-12-26-11-16/h1-6,9-12H,7-8H2. The van der Waals surface area contributed by atoms with Gasteiger partial charge in [0.05, 0.1) is 11.1 Å². The SMILES string of the molecule is O=C(C1=NCCc2ccc(-c3ccc(C(F)(F)F)cc3)cc21)c1cncnc1. The van der Waals surface area contributed by atoms with Gasteiger partial charge in [-0.25, -0.2) is 9.97 Å². The number of hydrogen-bond acceptors (Lipinski definition) is 4. The molecular formula is C21H14F3N3O. The number of fused-ring (bicyclic) bond motifs is 1. The summed E-state index contributed by atoms with van der Waals surface area (Å²) in [6.07, 6.45) is 0.539. The van der Waals surface area contributed by atoms with Crippen molar-refractivity contribution in [2.75, 3.05) is 6.54 Å². The van der Waals surface area contributed by atoms with Crippen LogP contribution in [0.4, 0.5) is 13.2 Å². The molecule has 1 aliphatic heterocycles. The molecule has 1 aliphatic rings. The van der Waals surface area contributed by atoms with Crippen LogP contribution in [0.5, 0.6) is 0 Å². The van der Waals surface area contributed by atoms with Gasteiger partial charge in [-0.2, -0.15) is 13.2 Å². The van der Waals surface area contributed by atoms with E-state index in [1.165, 1.54) is 30.9 Å². The molecular weight excluding hydrogens is 367 g/mol. The molecule has 0 aliphatic carbocycles. The molecule has 2 aromatic carbocycles. The zero-order valence-corrected chi connectivity index (χ0v) is 14.6. The first-order valence-corrected chi connectivity index (χ1v) is 8.58. The van der Waals surface area contributed by atoms with Gasteiger partial charge in [-0.1, -0.05) is 24.3 Å². The number of carbonyl (C=O) groups is 1. The number of nitrogens with zero attached hydrogens (tertiary/aromatic N) is 3. The third kappa shape index (κ3) is 3.43. The zero-order valence-electron chi connectivity index (χ0n) is 14.6. The van der Waals surface area contributed by atoms with Gasteiger partial charge in [0.2, 0.25) is 5.78 Å². The fourth-order valence-electron chi connectivity index (χ4n) is 3.17. The van der Waals surface area contributed by atoms with E-state index in [0.717, 1.165) is 23.3 Å². The molecule has 28 heavy (non-hydrogen) atoms. The van der Waals surface area contributed by atoms with Crippen LogP contribution in [-0.4, -0.2) is 28.0 Å².